The lowest BCUT2D eigenvalue weighted by Crippen LogP contribution is -2.36. The standard InChI is InChI=1S/C12H14ClNO4/c13-9-1-2-10(14)8(5-9)6-12(7-11(15)16)17-3-4-18-12/h1-2,5H,3-4,6-7,14H2,(H,15,16). The molecule has 1 aromatic rings. The number of anilines is 1. The molecule has 1 saturated heterocycles. The van der Waals surface area contributed by atoms with Crippen LogP contribution in [0.5, 0.6) is 0 Å². The van der Waals surface area contributed by atoms with Crippen molar-refractivity contribution in [3.63, 3.8) is 0 Å². The fourth-order valence-electron chi connectivity index (χ4n) is 2.01. The van der Waals surface area contributed by atoms with Gasteiger partial charge in [-0.2, -0.15) is 0 Å². The largest absolute Gasteiger partial charge is 0.481 e. The van der Waals surface area contributed by atoms with Crippen molar-refractivity contribution in [2.75, 3.05) is 18.9 Å². The van der Waals surface area contributed by atoms with Gasteiger partial charge in [0.1, 0.15) is 0 Å². The zero-order chi connectivity index (χ0) is 13.2. The van der Waals surface area contributed by atoms with Crippen LogP contribution in [0, 0.1) is 0 Å². The highest BCUT2D eigenvalue weighted by Gasteiger charge is 2.39. The van der Waals surface area contributed by atoms with E-state index in [0.717, 1.165) is 5.56 Å². The Morgan fingerprint density at radius 3 is 2.72 bits per heavy atom. The monoisotopic (exact) mass is 271 g/mol. The lowest BCUT2D eigenvalue weighted by Gasteiger charge is -2.26. The molecule has 1 aromatic carbocycles. The highest BCUT2D eigenvalue weighted by molar-refractivity contribution is 6.30. The maximum absolute atomic E-state index is 10.9. The number of halogens is 1. The Labute approximate surface area is 109 Å². The Morgan fingerprint density at radius 1 is 1.44 bits per heavy atom. The summed E-state index contributed by atoms with van der Waals surface area (Å²) in [4.78, 5) is 10.9. The molecule has 0 bridgehead atoms. The number of ether oxygens (including phenoxy) is 2. The van der Waals surface area contributed by atoms with Crippen molar-refractivity contribution < 1.29 is 19.4 Å². The number of hydrogen-bond donors (Lipinski definition) is 2. The highest BCUT2D eigenvalue weighted by Crippen LogP contribution is 2.31. The van der Waals surface area contributed by atoms with E-state index in [1.807, 2.05) is 0 Å². The number of aliphatic carboxylic acids is 1. The lowest BCUT2D eigenvalue weighted by molar-refractivity contribution is -0.178. The zero-order valence-corrected chi connectivity index (χ0v) is 10.4. The summed E-state index contributed by atoms with van der Waals surface area (Å²) in [5.74, 6) is -2.11. The van der Waals surface area contributed by atoms with Gasteiger partial charge >= 0.3 is 5.97 Å². The molecule has 0 spiro atoms. The van der Waals surface area contributed by atoms with Crippen molar-refractivity contribution in [1.82, 2.24) is 0 Å². The van der Waals surface area contributed by atoms with E-state index in [1.54, 1.807) is 18.2 Å². The molecule has 0 atom stereocenters. The molecule has 5 nitrogen and oxygen atoms in total. The molecule has 0 amide bonds. The molecule has 1 aliphatic rings. The maximum Gasteiger partial charge on any atom is 0.308 e. The second kappa shape index (κ2) is 5.14. The molecule has 0 aromatic heterocycles. The van der Waals surface area contributed by atoms with Gasteiger partial charge in [-0.25, -0.2) is 0 Å². The summed E-state index contributed by atoms with van der Waals surface area (Å²) in [5, 5.41) is 9.47. The average molecular weight is 272 g/mol. The Hall–Kier alpha value is -1.30. The third-order valence-electron chi connectivity index (χ3n) is 2.80. The summed E-state index contributed by atoms with van der Waals surface area (Å²) < 4.78 is 10.9. The third kappa shape index (κ3) is 2.93. The number of carboxylic acid groups (broad SMARTS) is 1. The quantitative estimate of drug-likeness (QED) is 0.814. The van der Waals surface area contributed by atoms with E-state index >= 15 is 0 Å². The number of hydrogen-bond acceptors (Lipinski definition) is 4. The van der Waals surface area contributed by atoms with Crippen molar-refractivity contribution in [2.24, 2.45) is 0 Å². The van der Waals surface area contributed by atoms with Gasteiger partial charge in [-0.1, -0.05) is 11.6 Å². The van der Waals surface area contributed by atoms with Gasteiger partial charge in [-0.3, -0.25) is 4.79 Å². The molecule has 0 unspecified atom stereocenters. The molecule has 2 rings (SSSR count). The molecular weight excluding hydrogens is 258 g/mol. The van der Waals surface area contributed by atoms with E-state index in [0.29, 0.717) is 23.9 Å². The first-order chi connectivity index (χ1) is 8.51. The van der Waals surface area contributed by atoms with Crippen LogP contribution in [-0.4, -0.2) is 30.1 Å². The summed E-state index contributed by atoms with van der Waals surface area (Å²) in [5.41, 5.74) is 7.11. The fraction of sp³-hybridized carbons (Fsp3) is 0.417. The minimum atomic E-state index is -1.13. The Bertz CT molecular complexity index is 457. The Balaban J connectivity index is 2.23. The second-order valence-corrected chi connectivity index (χ2v) is 4.63. The first-order valence-corrected chi connectivity index (χ1v) is 5.92. The van der Waals surface area contributed by atoms with Crippen LogP contribution in [0.2, 0.25) is 5.02 Å². The van der Waals surface area contributed by atoms with Gasteiger partial charge in [0.25, 0.3) is 0 Å². The number of nitrogens with two attached hydrogens (primary N) is 1. The highest BCUT2D eigenvalue weighted by atomic mass is 35.5. The topological polar surface area (TPSA) is 81.8 Å². The molecule has 0 radical (unpaired) electrons. The van der Waals surface area contributed by atoms with Crippen LogP contribution in [0.4, 0.5) is 5.69 Å². The predicted octanol–water partition coefficient (Wildman–Crippen LogP) is 1.68. The van der Waals surface area contributed by atoms with Crippen LogP contribution in [0.25, 0.3) is 0 Å². The molecule has 1 aliphatic heterocycles. The van der Waals surface area contributed by atoms with Crippen molar-refractivity contribution >= 4 is 23.3 Å². The van der Waals surface area contributed by atoms with E-state index in [-0.39, 0.29) is 12.8 Å². The van der Waals surface area contributed by atoms with Crippen LogP contribution in [0.15, 0.2) is 18.2 Å². The molecule has 18 heavy (non-hydrogen) atoms. The first kappa shape index (κ1) is 13.1. The normalized spacial score (nSPS) is 17.8. The van der Waals surface area contributed by atoms with Crippen molar-refractivity contribution in [2.45, 2.75) is 18.6 Å². The molecule has 98 valence electrons. The smallest absolute Gasteiger partial charge is 0.308 e. The zero-order valence-electron chi connectivity index (χ0n) is 9.69. The van der Waals surface area contributed by atoms with E-state index < -0.39 is 11.8 Å². The number of nitrogen functional groups attached to an aromatic ring is 1. The third-order valence-corrected chi connectivity index (χ3v) is 3.03. The van der Waals surface area contributed by atoms with Gasteiger partial charge in [-0.05, 0) is 23.8 Å². The molecular formula is C12H14ClNO4. The van der Waals surface area contributed by atoms with Gasteiger partial charge < -0.3 is 20.3 Å². The number of rotatable bonds is 4. The summed E-state index contributed by atoms with van der Waals surface area (Å²) >= 11 is 5.90. The van der Waals surface area contributed by atoms with Gasteiger partial charge in [-0.15, -0.1) is 0 Å². The molecule has 1 fully saturated rings. The minimum absolute atomic E-state index is 0.223. The van der Waals surface area contributed by atoms with Crippen LogP contribution < -0.4 is 5.73 Å². The molecule has 0 aliphatic carbocycles. The average Bonchev–Trinajstić information content (AvgIpc) is 2.71. The summed E-state index contributed by atoms with van der Waals surface area (Å²) in [6, 6.07) is 5.06. The summed E-state index contributed by atoms with van der Waals surface area (Å²) in [6.07, 6.45) is 0.0463. The molecule has 0 saturated carbocycles. The van der Waals surface area contributed by atoms with Gasteiger partial charge in [0.05, 0.1) is 19.6 Å². The summed E-state index contributed by atoms with van der Waals surface area (Å²) in [6.45, 7) is 0.765. The van der Waals surface area contributed by atoms with Gasteiger partial charge in [0, 0.05) is 17.1 Å². The van der Waals surface area contributed by atoms with Gasteiger partial charge in [0.2, 0.25) is 0 Å². The molecule has 1 heterocycles. The van der Waals surface area contributed by atoms with Crippen LogP contribution >= 0.6 is 11.6 Å². The van der Waals surface area contributed by atoms with Crippen molar-refractivity contribution in [1.29, 1.82) is 0 Å². The second-order valence-electron chi connectivity index (χ2n) is 4.20. The van der Waals surface area contributed by atoms with Crippen LogP contribution in [0.1, 0.15) is 12.0 Å². The molecule has 3 N–H and O–H groups in total. The maximum atomic E-state index is 10.9. The minimum Gasteiger partial charge on any atom is -0.481 e. The Kier molecular flexibility index (Phi) is 3.75. The summed E-state index contributed by atoms with van der Waals surface area (Å²) in [7, 11) is 0. The fourth-order valence-corrected chi connectivity index (χ4v) is 2.21. The first-order valence-electron chi connectivity index (χ1n) is 5.54. The van der Waals surface area contributed by atoms with Gasteiger partial charge in [0.15, 0.2) is 5.79 Å². The SMILES string of the molecule is Nc1ccc(Cl)cc1CC1(CC(=O)O)OCCO1. The van der Waals surface area contributed by atoms with Crippen LogP contribution in [0.3, 0.4) is 0 Å². The van der Waals surface area contributed by atoms with E-state index in [2.05, 4.69) is 0 Å². The van der Waals surface area contributed by atoms with E-state index in [1.165, 1.54) is 0 Å². The number of benzene rings is 1. The number of carbonyl (C=O) groups is 1. The van der Waals surface area contributed by atoms with E-state index in [4.69, 9.17) is 31.9 Å². The lowest BCUT2D eigenvalue weighted by atomic mass is 10.0. The predicted molar refractivity (Wildman–Crippen MR) is 66.5 cm³/mol. The Morgan fingerprint density at radius 2 is 2.11 bits per heavy atom. The molecule has 6 heteroatoms. The number of carboxylic acids is 1. The van der Waals surface area contributed by atoms with Crippen molar-refractivity contribution in [3.05, 3.63) is 28.8 Å². The van der Waals surface area contributed by atoms with E-state index in [9.17, 15) is 4.79 Å². The van der Waals surface area contributed by atoms with Crippen molar-refractivity contribution in [3.8, 4) is 0 Å². The van der Waals surface area contributed by atoms with Crippen LogP contribution in [-0.2, 0) is 20.7 Å².